The number of primary amides is 1. The van der Waals surface area contributed by atoms with Crippen LogP contribution in [-0.4, -0.2) is 56.1 Å². The van der Waals surface area contributed by atoms with Crippen LogP contribution in [0.15, 0.2) is 0 Å². The molecular formula is C9H17N3O3. The number of nitrogens with one attached hydrogen (secondary N) is 1. The molecule has 3 N–H and O–H groups in total. The van der Waals surface area contributed by atoms with Crippen molar-refractivity contribution in [2.45, 2.75) is 12.5 Å². The molecule has 15 heavy (non-hydrogen) atoms. The SMILES string of the molecule is COCC(=O)N(CC(N)=O)C1CCNC1. The number of ether oxygens (including phenoxy) is 1. The smallest absolute Gasteiger partial charge is 0.249 e. The minimum Gasteiger partial charge on any atom is -0.375 e. The van der Waals surface area contributed by atoms with Crippen LogP contribution >= 0.6 is 0 Å². The van der Waals surface area contributed by atoms with E-state index in [1.54, 1.807) is 0 Å². The monoisotopic (exact) mass is 215 g/mol. The molecule has 2 amide bonds. The molecule has 1 heterocycles. The number of carbonyl (C=O) groups is 2. The van der Waals surface area contributed by atoms with E-state index < -0.39 is 5.91 Å². The predicted octanol–water partition coefficient (Wildman–Crippen LogP) is -1.69. The minimum atomic E-state index is -0.494. The summed E-state index contributed by atoms with van der Waals surface area (Å²) < 4.78 is 4.76. The van der Waals surface area contributed by atoms with Crippen LogP contribution in [-0.2, 0) is 14.3 Å². The van der Waals surface area contributed by atoms with Gasteiger partial charge in [-0.1, -0.05) is 0 Å². The molecule has 1 unspecified atom stereocenters. The number of hydrogen-bond donors (Lipinski definition) is 2. The Kier molecular flexibility index (Phi) is 4.51. The summed E-state index contributed by atoms with van der Waals surface area (Å²) in [5.41, 5.74) is 5.10. The van der Waals surface area contributed by atoms with Crippen molar-refractivity contribution in [3.63, 3.8) is 0 Å². The molecule has 1 rings (SSSR count). The second-order valence-electron chi connectivity index (χ2n) is 3.57. The molecule has 1 atom stereocenters. The Morgan fingerprint density at radius 1 is 1.60 bits per heavy atom. The predicted molar refractivity (Wildman–Crippen MR) is 54.1 cm³/mol. The molecule has 86 valence electrons. The average Bonchev–Trinajstić information content (AvgIpc) is 2.66. The number of methoxy groups -OCH3 is 1. The maximum Gasteiger partial charge on any atom is 0.249 e. The lowest BCUT2D eigenvalue weighted by atomic mass is 10.2. The van der Waals surface area contributed by atoms with Crippen molar-refractivity contribution < 1.29 is 14.3 Å². The molecule has 0 aromatic heterocycles. The van der Waals surface area contributed by atoms with Gasteiger partial charge in [-0.3, -0.25) is 9.59 Å². The van der Waals surface area contributed by atoms with Crippen LogP contribution in [0.5, 0.6) is 0 Å². The van der Waals surface area contributed by atoms with E-state index in [1.165, 1.54) is 12.0 Å². The molecule has 0 aromatic rings. The maximum atomic E-state index is 11.6. The third-order valence-electron chi connectivity index (χ3n) is 2.39. The number of nitrogens with zero attached hydrogens (tertiary/aromatic N) is 1. The normalized spacial score (nSPS) is 20.2. The lowest BCUT2D eigenvalue weighted by molar-refractivity contribution is -0.140. The lowest BCUT2D eigenvalue weighted by Gasteiger charge is -2.26. The Hall–Kier alpha value is -1.14. The van der Waals surface area contributed by atoms with Gasteiger partial charge in [0.2, 0.25) is 11.8 Å². The number of hydrogen-bond acceptors (Lipinski definition) is 4. The van der Waals surface area contributed by atoms with Crippen molar-refractivity contribution in [3.05, 3.63) is 0 Å². The summed E-state index contributed by atoms with van der Waals surface area (Å²) in [7, 11) is 1.45. The Balaban J connectivity index is 2.58. The molecule has 0 radical (unpaired) electrons. The Bertz CT molecular complexity index is 239. The van der Waals surface area contributed by atoms with Crippen molar-refractivity contribution in [2.75, 3.05) is 33.4 Å². The zero-order valence-corrected chi connectivity index (χ0v) is 8.86. The van der Waals surface area contributed by atoms with E-state index in [-0.39, 0.29) is 25.1 Å². The lowest BCUT2D eigenvalue weighted by Crippen LogP contribution is -2.47. The van der Waals surface area contributed by atoms with E-state index >= 15 is 0 Å². The Morgan fingerprint density at radius 2 is 2.33 bits per heavy atom. The molecule has 0 aromatic carbocycles. The van der Waals surface area contributed by atoms with Crippen molar-refractivity contribution in [1.29, 1.82) is 0 Å². The van der Waals surface area contributed by atoms with Crippen LogP contribution in [0.3, 0.4) is 0 Å². The third-order valence-corrected chi connectivity index (χ3v) is 2.39. The summed E-state index contributed by atoms with van der Waals surface area (Å²) in [5, 5.41) is 3.14. The first-order valence-corrected chi connectivity index (χ1v) is 4.92. The molecule has 0 spiro atoms. The molecule has 0 bridgehead atoms. The van der Waals surface area contributed by atoms with Crippen LogP contribution < -0.4 is 11.1 Å². The van der Waals surface area contributed by atoms with Crippen LogP contribution in [0.4, 0.5) is 0 Å². The number of amides is 2. The van der Waals surface area contributed by atoms with E-state index in [4.69, 9.17) is 10.5 Å². The fourth-order valence-corrected chi connectivity index (χ4v) is 1.70. The standard InChI is InChI=1S/C9H17N3O3/c1-15-6-9(14)12(5-8(10)13)7-2-3-11-4-7/h7,11H,2-6H2,1H3,(H2,10,13). The summed E-state index contributed by atoms with van der Waals surface area (Å²) in [5.74, 6) is -0.684. The van der Waals surface area contributed by atoms with Gasteiger partial charge in [0.05, 0.1) is 6.54 Å². The number of carbonyl (C=O) groups excluding carboxylic acids is 2. The van der Waals surface area contributed by atoms with Gasteiger partial charge in [-0.05, 0) is 13.0 Å². The molecule has 6 heteroatoms. The van der Waals surface area contributed by atoms with Crippen molar-refractivity contribution in [1.82, 2.24) is 10.2 Å². The molecule has 1 fully saturated rings. The largest absolute Gasteiger partial charge is 0.375 e. The fourth-order valence-electron chi connectivity index (χ4n) is 1.70. The van der Waals surface area contributed by atoms with Gasteiger partial charge in [-0.25, -0.2) is 0 Å². The van der Waals surface area contributed by atoms with Crippen LogP contribution in [0.1, 0.15) is 6.42 Å². The van der Waals surface area contributed by atoms with Gasteiger partial charge in [-0.15, -0.1) is 0 Å². The molecule has 1 saturated heterocycles. The quantitative estimate of drug-likeness (QED) is 0.573. The van der Waals surface area contributed by atoms with E-state index in [9.17, 15) is 9.59 Å². The van der Waals surface area contributed by atoms with Crippen LogP contribution in [0.2, 0.25) is 0 Å². The highest BCUT2D eigenvalue weighted by Crippen LogP contribution is 2.08. The molecular weight excluding hydrogens is 198 g/mol. The molecule has 1 aliphatic heterocycles. The van der Waals surface area contributed by atoms with Gasteiger partial charge in [0, 0.05) is 19.7 Å². The van der Waals surface area contributed by atoms with Gasteiger partial charge < -0.3 is 20.7 Å². The van der Waals surface area contributed by atoms with E-state index in [0.717, 1.165) is 13.0 Å². The third kappa shape index (κ3) is 3.49. The molecule has 1 aliphatic rings. The summed E-state index contributed by atoms with van der Waals surface area (Å²) in [4.78, 5) is 24.0. The second-order valence-corrected chi connectivity index (χ2v) is 3.57. The van der Waals surface area contributed by atoms with Crippen molar-refractivity contribution >= 4 is 11.8 Å². The van der Waals surface area contributed by atoms with E-state index in [2.05, 4.69) is 5.32 Å². The first-order chi connectivity index (χ1) is 7.15. The summed E-state index contributed by atoms with van der Waals surface area (Å²) in [6.45, 7) is 1.53. The van der Waals surface area contributed by atoms with Gasteiger partial charge in [-0.2, -0.15) is 0 Å². The molecule has 0 aliphatic carbocycles. The maximum absolute atomic E-state index is 11.6. The van der Waals surface area contributed by atoms with Crippen LogP contribution in [0.25, 0.3) is 0 Å². The summed E-state index contributed by atoms with van der Waals surface area (Å²) in [6, 6.07) is 0.0557. The van der Waals surface area contributed by atoms with E-state index in [0.29, 0.717) is 6.54 Å². The molecule has 6 nitrogen and oxygen atoms in total. The zero-order valence-electron chi connectivity index (χ0n) is 8.86. The fraction of sp³-hybridized carbons (Fsp3) is 0.778. The highest BCUT2D eigenvalue weighted by molar-refractivity contribution is 5.84. The summed E-state index contributed by atoms with van der Waals surface area (Å²) in [6.07, 6.45) is 0.850. The number of nitrogens with two attached hydrogens (primary N) is 1. The van der Waals surface area contributed by atoms with Gasteiger partial charge in [0.15, 0.2) is 0 Å². The van der Waals surface area contributed by atoms with Crippen molar-refractivity contribution in [3.8, 4) is 0 Å². The highest BCUT2D eigenvalue weighted by atomic mass is 16.5. The van der Waals surface area contributed by atoms with E-state index in [1.807, 2.05) is 0 Å². The van der Waals surface area contributed by atoms with Gasteiger partial charge >= 0.3 is 0 Å². The Labute approximate surface area is 88.7 Å². The second kappa shape index (κ2) is 5.67. The van der Waals surface area contributed by atoms with Gasteiger partial charge in [0.25, 0.3) is 0 Å². The first kappa shape index (κ1) is 11.9. The minimum absolute atomic E-state index is 0.0101. The van der Waals surface area contributed by atoms with Gasteiger partial charge in [0.1, 0.15) is 6.61 Å². The average molecular weight is 215 g/mol. The highest BCUT2D eigenvalue weighted by Gasteiger charge is 2.27. The molecule has 0 saturated carbocycles. The van der Waals surface area contributed by atoms with Crippen LogP contribution in [0, 0.1) is 0 Å². The van der Waals surface area contributed by atoms with Crippen molar-refractivity contribution in [2.24, 2.45) is 5.73 Å². The first-order valence-electron chi connectivity index (χ1n) is 4.92. The topological polar surface area (TPSA) is 84.7 Å². The Morgan fingerprint density at radius 3 is 2.80 bits per heavy atom. The number of rotatable bonds is 5. The summed E-state index contributed by atoms with van der Waals surface area (Å²) >= 11 is 0. The zero-order chi connectivity index (χ0) is 11.3.